The second-order valence-corrected chi connectivity index (χ2v) is 9.78. The average molecular weight is 440 g/mol. The van der Waals surface area contributed by atoms with Gasteiger partial charge in [0.1, 0.15) is 21.6 Å². The highest BCUT2D eigenvalue weighted by Crippen LogP contribution is 2.32. The van der Waals surface area contributed by atoms with E-state index in [1.165, 1.54) is 9.88 Å². The van der Waals surface area contributed by atoms with E-state index in [0.717, 1.165) is 41.3 Å². The van der Waals surface area contributed by atoms with Crippen LogP contribution in [0.5, 0.6) is 0 Å². The Morgan fingerprint density at radius 2 is 2.07 bits per heavy atom. The molecular formula is C21H21N5O2S2. The molecule has 0 radical (unpaired) electrons. The maximum Gasteiger partial charge on any atom is 0.245 e. The Morgan fingerprint density at radius 3 is 2.87 bits per heavy atom. The highest BCUT2D eigenvalue weighted by molar-refractivity contribution is 7.89. The van der Waals surface area contributed by atoms with Crippen LogP contribution >= 0.6 is 11.7 Å². The molecule has 0 unspecified atom stereocenters. The van der Waals surface area contributed by atoms with E-state index in [0.29, 0.717) is 30.5 Å². The third-order valence-corrected chi connectivity index (χ3v) is 7.92. The van der Waals surface area contributed by atoms with Crippen molar-refractivity contribution in [1.29, 1.82) is 0 Å². The van der Waals surface area contributed by atoms with Gasteiger partial charge in [-0.1, -0.05) is 19.1 Å². The van der Waals surface area contributed by atoms with Crippen LogP contribution in [0.4, 0.5) is 0 Å². The quantitative estimate of drug-likeness (QED) is 0.471. The van der Waals surface area contributed by atoms with Crippen molar-refractivity contribution in [3.05, 3.63) is 54.4 Å². The summed E-state index contributed by atoms with van der Waals surface area (Å²) in [4.78, 5) is 4.78. The normalized spacial score (nSPS) is 15.7. The van der Waals surface area contributed by atoms with Gasteiger partial charge in [0.2, 0.25) is 10.0 Å². The highest BCUT2D eigenvalue weighted by atomic mass is 32.2. The molecule has 7 nitrogen and oxygen atoms in total. The largest absolute Gasteiger partial charge is 0.332 e. The van der Waals surface area contributed by atoms with Crippen molar-refractivity contribution in [1.82, 2.24) is 22.6 Å². The summed E-state index contributed by atoms with van der Waals surface area (Å²) < 4.78 is 38.6. The topological polar surface area (TPSA) is 81.0 Å². The minimum absolute atomic E-state index is 0.231. The van der Waals surface area contributed by atoms with Gasteiger partial charge in [-0.2, -0.15) is 13.1 Å². The number of aromatic nitrogens is 4. The van der Waals surface area contributed by atoms with Crippen LogP contribution in [0.3, 0.4) is 0 Å². The number of sulfonamides is 1. The third kappa shape index (κ3) is 3.13. The Kier molecular flexibility index (Phi) is 4.88. The molecule has 1 aliphatic heterocycles. The van der Waals surface area contributed by atoms with E-state index in [1.807, 2.05) is 18.3 Å². The van der Waals surface area contributed by atoms with Crippen molar-refractivity contribution in [2.45, 2.75) is 31.2 Å². The van der Waals surface area contributed by atoms with Crippen molar-refractivity contribution in [2.24, 2.45) is 0 Å². The molecule has 1 aromatic carbocycles. The number of pyridine rings is 1. The number of benzene rings is 1. The average Bonchev–Trinajstić information content (AvgIpc) is 3.39. The van der Waals surface area contributed by atoms with Gasteiger partial charge < -0.3 is 4.57 Å². The van der Waals surface area contributed by atoms with E-state index < -0.39 is 10.0 Å². The van der Waals surface area contributed by atoms with Crippen LogP contribution in [-0.4, -0.2) is 44.1 Å². The van der Waals surface area contributed by atoms with Crippen LogP contribution in [0.2, 0.25) is 0 Å². The molecule has 0 spiro atoms. The van der Waals surface area contributed by atoms with Crippen molar-refractivity contribution in [2.75, 3.05) is 13.1 Å². The summed E-state index contributed by atoms with van der Waals surface area (Å²) in [5.74, 6) is 0. The predicted octanol–water partition coefficient (Wildman–Crippen LogP) is 3.93. The van der Waals surface area contributed by atoms with Crippen LogP contribution in [0, 0.1) is 0 Å². The molecule has 0 atom stereocenters. The van der Waals surface area contributed by atoms with Crippen LogP contribution in [0.15, 0.2) is 53.7 Å². The molecule has 0 fully saturated rings. The predicted molar refractivity (Wildman–Crippen MR) is 119 cm³/mol. The maximum absolute atomic E-state index is 13.3. The lowest BCUT2D eigenvalue weighted by molar-refractivity contribution is 0.442. The van der Waals surface area contributed by atoms with Crippen molar-refractivity contribution in [3.63, 3.8) is 0 Å². The molecule has 4 aromatic rings. The summed E-state index contributed by atoms with van der Waals surface area (Å²) >= 11 is 1.03. The Hall–Kier alpha value is -2.62. The monoisotopic (exact) mass is 439 g/mol. The molecular weight excluding hydrogens is 418 g/mol. The van der Waals surface area contributed by atoms with Crippen LogP contribution in [0.1, 0.15) is 25.3 Å². The number of fused-ring (bicyclic) bond motifs is 2. The molecule has 0 amide bonds. The van der Waals surface area contributed by atoms with Crippen LogP contribution < -0.4 is 0 Å². The Bertz CT molecular complexity index is 1370. The van der Waals surface area contributed by atoms with E-state index in [4.69, 9.17) is 0 Å². The fourth-order valence-electron chi connectivity index (χ4n) is 4.03. The van der Waals surface area contributed by atoms with Gasteiger partial charge in [-0.15, -0.1) is 0 Å². The van der Waals surface area contributed by atoms with Crippen molar-refractivity contribution < 1.29 is 8.42 Å². The number of hydrogen-bond acceptors (Lipinski definition) is 6. The molecule has 4 heterocycles. The van der Waals surface area contributed by atoms with Gasteiger partial charge >= 0.3 is 0 Å². The van der Waals surface area contributed by atoms with Gasteiger partial charge in [0.25, 0.3) is 0 Å². The molecule has 1 aliphatic rings. The zero-order valence-corrected chi connectivity index (χ0v) is 18.2. The summed E-state index contributed by atoms with van der Waals surface area (Å²) in [5.41, 5.74) is 4.36. The summed E-state index contributed by atoms with van der Waals surface area (Å²) in [6.07, 6.45) is 7.68. The smallest absolute Gasteiger partial charge is 0.245 e. The zero-order valence-electron chi connectivity index (χ0n) is 16.5. The standard InChI is InChI=1S/C21H21N5O2S2/c1-2-11-25-14-17(16-5-4-10-22-21(16)25)15-8-12-26(13-9-15)30(27,28)19-7-3-6-18-20(19)24-29-23-18/h3-8,10,14H,2,9,11-13H2,1H3. The Balaban J connectivity index is 1.48. The SMILES string of the molecule is CCCn1cc(C2=CCN(S(=O)(=O)c3cccc4nsnc34)CC2)c2cccnc21. The van der Waals surface area contributed by atoms with Crippen molar-refractivity contribution in [3.8, 4) is 0 Å². The molecule has 0 saturated carbocycles. The number of aryl methyl sites for hydroxylation is 1. The third-order valence-electron chi connectivity index (χ3n) is 5.48. The van der Waals surface area contributed by atoms with Gasteiger partial charge in [0.05, 0.1) is 11.7 Å². The minimum Gasteiger partial charge on any atom is -0.332 e. The first-order chi connectivity index (χ1) is 14.6. The van der Waals surface area contributed by atoms with E-state index in [2.05, 4.69) is 37.5 Å². The molecule has 0 saturated heterocycles. The molecule has 3 aromatic heterocycles. The Labute approximate surface area is 179 Å². The molecule has 0 aliphatic carbocycles. The second kappa shape index (κ2) is 7.57. The van der Waals surface area contributed by atoms with Gasteiger partial charge in [-0.25, -0.2) is 13.4 Å². The van der Waals surface area contributed by atoms with Crippen LogP contribution in [-0.2, 0) is 16.6 Å². The van der Waals surface area contributed by atoms with E-state index in [1.54, 1.807) is 18.2 Å². The van der Waals surface area contributed by atoms with E-state index >= 15 is 0 Å². The first-order valence-corrected chi connectivity index (χ1v) is 12.1. The lowest BCUT2D eigenvalue weighted by Gasteiger charge is -2.25. The van der Waals surface area contributed by atoms with E-state index in [9.17, 15) is 8.42 Å². The lowest BCUT2D eigenvalue weighted by Crippen LogP contribution is -2.34. The van der Waals surface area contributed by atoms with Crippen LogP contribution in [0.25, 0.3) is 27.6 Å². The number of rotatable bonds is 5. The molecule has 154 valence electrons. The zero-order chi connectivity index (χ0) is 20.7. The highest BCUT2D eigenvalue weighted by Gasteiger charge is 2.29. The summed E-state index contributed by atoms with van der Waals surface area (Å²) in [7, 11) is -3.63. The minimum atomic E-state index is -3.63. The van der Waals surface area contributed by atoms with Crippen molar-refractivity contribution >= 4 is 49.4 Å². The summed E-state index contributed by atoms with van der Waals surface area (Å²) in [6, 6.07) is 9.15. The second-order valence-electron chi connectivity index (χ2n) is 7.34. The number of hydrogen-bond donors (Lipinski definition) is 0. The van der Waals surface area contributed by atoms with Gasteiger partial charge in [-0.05, 0) is 42.7 Å². The molecule has 0 bridgehead atoms. The fourth-order valence-corrected chi connectivity index (χ4v) is 6.17. The number of nitrogens with zero attached hydrogens (tertiary/aromatic N) is 5. The first kappa shape index (κ1) is 19.3. The van der Waals surface area contributed by atoms with Gasteiger partial charge in [0.15, 0.2) is 0 Å². The van der Waals surface area contributed by atoms with Gasteiger partial charge in [0, 0.05) is 43.0 Å². The molecule has 30 heavy (non-hydrogen) atoms. The molecule has 0 N–H and O–H groups in total. The molecule has 9 heteroatoms. The fraction of sp³-hybridized carbons (Fsp3) is 0.286. The lowest BCUT2D eigenvalue weighted by atomic mass is 10.0. The van der Waals surface area contributed by atoms with E-state index in [-0.39, 0.29) is 4.90 Å². The first-order valence-electron chi connectivity index (χ1n) is 9.94. The molecule has 5 rings (SSSR count). The Morgan fingerprint density at radius 1 is 1.17 bits per heavy atom. The summed E-state index contributed by atoms with van der Waals surface area (Å²) in [5, 5.41) is 1.12. The van der Waals surface area contributed by atoms with Gasteiger partial charge in [-0.3, -0.25) is 0 Å². The summed E-state index contributed by atoms with van der Waals surface area (Å²) in [6.45, 7) is 3.83. The maximum atomic E-state index is 13.3.